The second-order valence-electron chi connectivity index (χ2n) is 9.13. The first-order chi connectivity index (χ1) is 14.8. The third kappa shape index (κ3) is 28.4. The maximum absolute atomic E-state index is 9.71. The maximum Gasteiger partial charge on any atom is 0.466 e. The first-order valence-electron chi connectivity index (χ1n) is 12.9. The molecule has 0 radical (unpaired) electrons. The Hall–Kier alpha value is 0.420. The van der Waals surface area contributed by atoms with E-state index in [1.54, 1.807) is 0 Å². The van der Waals surface area contributed by atoms with Crippen LogP contribution in [-0.4, -0.2) is 36.9 Å². The standard InChI is InChI=1S/C24H48OS.H3O4P/c1-2-3-4-5-6-7-8-9-10-11-12-13-14-15-16-17-21-26-24-20-18-19-23(25)22-24;1-5(2,3)4/h23-25H,2-22H2,1H3;(H3,1,2,3,4)/t23-,24-;/m0./s1. The van der Waals surface area contributed by atoms with Gasteiger partial charge in [-0.25, -0.2) is 4.57 Å². The summed E-state index contributed by atoms with van der Waals surface area (Å²) < 4.78 is 8.88. The molecule has 0 heterocycles. The SMILES string of the molecule is CCCCCCCCCCCCCCCCCCS[C@H]1CCC[C@H](O)C1.O=P(O)(O)O. The third-order valence-corrected chi connectivity index (χ3v) is 7.37. The van der Waals surface area contributed by atoms with Gasteiger partial charge in [-0.3, -0.25) is 0 Å². The van der Waals surface area contributed by atoms with Gasteiger partial charge in [-0.2, -0.15) is 11.8 Å². The van der Waals surface area contributed by atoms with Crippen LogP contribution in [0.2, 0.25) is 0 Å². The summed E-state index contributed by atoms with van der Waals surface area (Å²) in [7, 11) is -4.64. The second kappa shape index (κ2) is 22.2. The fourth-order valence-electron chi connectivity index (χ4n) is 4.17. The number of unbranched alkanes of at least 4 members (excludes halogenated alkanes) is 15. The van der Waals surface area contributed by atoms with Gasteiger partial charge in [0.25, 0.3) is 0 Å². The van der Waals surface area contributed by atoms with Crippen LogP contribution < -0.4 is 0 Å². The molecule has 0 aromatic rings. The van der Waals surface area contributed by atoms with Gasteiger partial charge in [-0.15, -0.1) is 0 Å². The Labute approximate surface area is 196 Å². The summed E-state index contributed by atoms with van der Waals surface area (Å²) in [6, 6.07) is 0. The lowest BCUT2D eigenvalue weighted by atomic mass is 9.97. The minimum absolute atomic E-state index is 0.00737. The Morgan fingerprint density at radius 1 is 0.710 bits per heavy atom. The van der Waals surface area contributed by atoms with Crippen LogP contribution >= 0.6 is 19.6 Å². The highest BCUT2D eigenvalue weighted by Gasteiger charge is 2.19. The fraction of sp³-hybridized carbons (Fsp3) is 1.00. The zero-order valence-electron chi connectivity index (χ0n) is 20.1. The van der Waals surface area contributed by atoms with Crippen molar-refractivity contribution >= 4 is 19.6 Å². The summed E-state index contributed by atoms with van der Waals surface area (Å²) in [5.41, 5.74) is 0. The van der Waals surface area contributed by atoms with Gasteiger partial charge >= 0.3 is 7.82 Å². The predicted molar refractivity (Wildman–Crippen MR) is 135 cm³/mol. The normalized spacial score (nSPS) is 19.1. The van der Waals surface area contributed by atoms with Gasteiger partial charge in [0.05, 0.1) is 6.10 Å². The van der Waals surface area contributed by atoms with Gasteiger partial charge in [0.2, 0.25) is 0 Å². The molecule has 1 saturated carbocycles. The Morgan fingerprint density at radius 2 is 1.10 bits per heavy atom. The van der Waals surface area contributed by atoms with Crippen LogP contribution in [0.5, 0.6) is 0 Å². The van der Waals surface area contributed by atoms with E-state index in [0.29, 0.717) is 0 Å². The molecular weight excluding hydrogens is 431 g/mol. The van der Waals surface area contributed by atoms with E-state index >= 15 is 0 Å². The summed E-state index contributed by atoms with van der Waals surface area (Å²) in [6.07, 6.45) is 27.8. The van der Waals surface area contributed by atoms with E-state index in [1.165, 1.54) is 121 Å². The van der Waals surface area contributed by atoms with E-state index in [4.69, 9.17) is 19.2 Å². The smallest absolute Gasteiger partial charge is 0.393 e. The van der Waals surface area contributed by atoms with E-state index in [9.17, 15) is 5.11 Å². The van der Waals surface area contributed by atoms with Crippen molar-refractivity contribution in [2.75, 3.05) is 5.75 Å². The van der Waals surface area contributed by atoms with Crippen molar-refractivity contribution in [2.45, 2.75) is 147 Å². The van der Waals surface area contributed by atoms with Crippen LogP contribution in [0.1, 0.15) is 135 Å². The lowest BCUT2D eigenvalue weighted by Crippen LogP contribution is -2.21. The molecule has 31 heavy (non-hydrogen) atoms. The average molecular weight is 483 g/mol. The first kappa shape index (κ1) is 31.4. The lowest BCUT2D eigenvalue weighted by molar-refractivity contribution is 0.133. The number of aliphatic hydroxyl groups is 1. The molecule has 0 aromatic heterocycles. The molecule has 1 rings (SSSR count). The molecule has 0 spiro atoms. The van der Waals surface area contributed by atoms with Crippen molar-refractivity contribution in [3.05, 3.63) is 0 Å². The monoisotopic (exact) mass is 482 g/mol. The largest absolute Gasteiger partial charge is 0.466 e. The summed E-state index contributed by atoms with van der Waals surface area (Å²) in [5.74, 6) is 1.32. The van der Waals surface area contributed by atoms with E-state index in [-0.39, 0.29) is 6.10 Å². The minimum atomic E-state index is -4.64. The van der Waals surface area contributed by atoms with Crippen molar-refractivity contribution in [3.63, 3.8) is 0 Å². The molecule has 1 fully saturated rings. The molecular formula is C24H51O5PS. The number of phosphoric acid groups is 1. The number of thioether (sulfide) groups is 1. The molecule has 0 bridgehead atoms. The molecule has 0 saturated heterocycles. The van der Waals surface area contributed by atoms with Gasteiger partial charge in [0.15, 0.2) is 0 Å². The van der Waals surface area contributed by atoms with Crippen LogP contribution in [0.4, 0.5) is 0 Å². The molecule has 5 nitrogen and oxygen atoms in total. The van der Waals surface area contributed by atoms with Gasteiger partial charge in [-0.1, -0.05) is 103 Å². The summed E-state index contributed by atoms with van der Waals surface area (Å²) >= 11 is 2.13. The Bertz CT molecular complexity index is 411. The highest BCUT2D eigenvalue weighted by molar-refractivity contribution is 7.99. The van der Waals surface area contributed by atoms with E-state index < -0.39 is 7.82 Å². The van der Waals surface area contributed by atoms with Gasteiger partial charge < -0.3 is 19.8 Å². The third-order valence-electron chi connectivity index (χ3n) is 5.95. The molecule has 4 N–H and O–H groups in total. The molecule has 0 amide bonds. The van der Waals surface area contributed by atoms with E-state index in [1.807, 2.05) is 0 Å². The Morgan fingerprint density at radius 3 is 1.48 bits per heavy atom. The Balaban J connectivity index is 0.00000161. The molecule has 188 valence electrons. The molecule has 0 aromatic carbocycles. The molecule has 0 aliphatic heterocycles. The van der Waals surface area contributed by atoms with Crippen LogP contribution in [0.25, 0.3) is 0 Å². The number of hydrogen-bond acceptors (Lipinski definition) is 3. The van der Waals surface area contributed by atoms with Crippen molar-refractivity contribution in [1.29, 1.82) is 0 Å². The van der Waals surface area contributed by atoms with Crippen molar-refractivity contribution < 1.29 is 24.4 Å². The van der Waals surface area contributed by atoms with Crippen LogP contribution in [0.3, 0.4) is 0 Å². The van der Waals surface area contributed by atoms with Crippen LogP contribution in [0, 0.1) is 0 Å². The zero-order valence-corrected chi connectivity index (χ0v) is 21.8. The molecule has 7 heteroatoms. The van der Waals surface area contributed by atoms with Gasteiger partial charge in [0, 0.05) is 5.25 Å². The minimum Gasteiger partial charge on any atom is -0.393 e. The average Bonchev–Trinajstić information content (AvgIpc) is 2.69. The van der Waals surface area contributed by atoms with E-state index in [0.717, 1.165) is 18.1 Å². The molecule has 1 aliphatic carbocycles. The van der Waals surface area contributed by atoms with Gasteiger partial charge in [0.1, 0.15) is 0 Å². The van der Waals surface area contributed by atoms with Crippen molar-refractivity contribution in [2.24, 2.45) is 0 Å². The summed E-state index contributed by atoms with van der Waals surface area (Å²) in [5, 5.41) is 10.5. The van der Waals surface area contributed by atoms with E-state index in [2.05, 4.69) is 18.7 Å². The summed E-state index contributed by atoms with van der Waals surface area (Å²) in [4.78, 5) is 21.6. The molecule has 1 aliphatic rings. The topological polar surface area (TPSA) is 98.0 Å². The number of hydrogen-bond donors (Lipinski definition) is 4. The van der Waals surface area contributed by atoms with Gasteiger partial charge in [-0.05, 0) is 37.9 Å². The molecule has 2 atom stereocenters. The first-order valence-corrected chi connectivity index (χ1v) is 15.5. The predicted octanol–water partition coefficient (Wildman–Crippen LogP) is 7.36. The number of rotatable bonds is 18. The Kier molecular flexibility index (Phi) is 22.5. The zero-order chi connectivity index (χ0) is 23.2. The van der Waals surface area contributed by atoms with Crippen LogP contribution in [-0.2, 0) is 4.57 Å². The highest BCUT2D eigenvalue weighted by atomic mass is 32.2. The fourth-order valence-corrected chi connectivity index (χ4v) is 5.57. The van der Waals surface area contributed by atoms with Crippen molar-refractivity contribution in [3.8, 4) is 0 Å². The van der Waals surface area contributed by atoms with Crippen molar-refractivity contribution in [1.82, 2.24) is 0 Å². The maximum atomic E-state index is 9.71. The summed E-state index contributed by atoms with van der Waals surface area (Å²) in [6.45, 7) is 2.30. The number of aliphatic hydroxyl groups excluding tert-OH is 1. The van der Waals surface area contributed by atoms with Crippen LogP contribution in [0.15, 0.2) is 0 Å². The highest BCUT2D eigenvalue weighted by Crippen LogP contribution is 2.29. The second-order valence-corrected chi connectivity index (χ2v) is 11.6. The quantitative estimate of drug-likeness (QED) is 0.120. The lowest BCUT2D eigenvalue weighted by Gasteiger charge is -2.25. The molecule has 0 unspecified atom stereocenters.